The Balaban J connectivity index is 1.75. The molecule has 1 saturated carbocycles. The monoisotopic (exact) mass is 607 g/mol. The molecule has 240 valence electrons. The van der Waals surface area contributed by atoms with E-state index in [0.717, 1.165) is 83.0 Å². The van der Waals surface area contributed by atoms with Crippen LogP contribution in [-0.2, 0) is 38.4 Å². The molecule has 2 aromatic carbocycles. The van der Waals surface area contributed by atoms with E-state index < -0.39 is 23.5 Å². The van der Waals surface area contributed by atoms with Crippen molar-refractivity contribution in [2.75, 3.05) is 13.2 Å². The molecule has 2 aliphatic heterocycles. The van der Waals surface area contributed by atoms with E-state index in [4.69, 9.17) is 14.2 Å². The second-order valence-corrected chi connectivity index (χ2v) is 14.7. The second-order valence-electron chi connectivity index (χ2n) is 14.7. The number of nitrogens with zero attached hydrogens (tertiary/aromatic N) is 1. The fraction of sp³-hybridized carbons (Fsp3) is 0.622. The lowest BCUT2D eigenvalue weighted by atomic mass is 9.74. The van der Waals surface area contributed by atoms with Crippen molar-refractivity contribution in [2.45, 2.75) is 132 Å². The van der Waals surface area contributed by atoms with Crippen LogP contribution in [0.25, 0.3) is 11.1 Å². The van der Waals surface area contributed by atoms with Crippen molar-refractivity contribution in [2.24, 2.45) is 5.41 Å². The largest absolute Gasteiger partial charge is 0.490 e. The molecule has 6 nitrogen and oxygen atoms in total. The van der Waals surface area contributed by atoms with Gasteiger partial charge in [0, 0.05) is 23.7 Å². The van der Waals surface area contributed by atoms with Crippen molar-refractivity contribution < 1.29 is 28.2 Å². The van der Waals surface area contributed by atoms with Gasteiger partial charge in [0.15, 0.2) is 17.7 Å². The van der Waals surface area contributed by atoms with E-state index in [1.807, 2.05) is 34.6 Å². The number of hydrogen-bond donors (Lipinski definition) is 0. The Bertz CT molecular complexity index is 1460. The molecule has 7 heteroatoms. The highest BCUT2D eigenvalue weighted by Crippen LogP contribution is 2.47. The minimum absolute atomic E-state index is 0.126. The van der Waals surface area contributed by atoms with Crippen molar-refractivity contribution in [1.29, 1.82) is 0 Å². The third-order valence-corrected chi connectivity index (χ3v) is 9.98. The molecule has 44 heavy (non-hydrogen) atoms. The zero-order valence-electron chi connectivity index (χ0n) is 28.2. The van der Waals surface area contributed by atoms with Gasteiger partial charge in [-0.1, -0.05) is 13.8 Å². The quantitative estimate of drug-likeness (QED) is 0.311. The standard InChI is InChI=1S/C37H50FNO5/c1-10-42-35(41)34(44-36(5,6)7)32-22(3)26-19-30(40)39(24-13-15-37(8,9)16-14-24)20-28(26)23(4)31(32)27-18-29(38)33-25(21(27)2)12-11-17-43-33/h18,24,34H,10-17,19-20H2,1-9H3/t34-/m0/s1. The molecular formula is C37H50FNO5. The van der Waals surface area contributed by atoms with E-state index in [1.165, 1.54) is 0 Å². The summed E-state index contributed by atoms with van der Waals surface area (Å²) in [5.41, 5.74) is 7.49. The van der Waals surface area contributed by atoms with E-state index in [0.29, 0.717) is 29.9 Å². The lowest BCUT2D eigenvalue weighted by molar-refractivity contribution is -0.166. The highest BCUT2D eigenvalue weighted by atomic mass is 19.1. The Morgan fingerprint density at radius 1 is 1.09 bits per heavy atom. The topological polar surface area (TPSA) is 65.1 Å². The molecule has 2 aromatic rings. The zero-order valence-corrected chi connectivity index (χ0v) is 28.2. The van der Waals surface area contributed by atoms with Crippen molar-refractivity contribution in [3.63, 3.8) is 0 Å². The number of amides is 1. The average molecular weight is 608 g/mol. The van der Waals surface area contributed by atoms with Crippen LogP contribution in [0, 0.1) is 32.0 Å². The summed E-state index contributed by atoms with van der Waals surface area (Å²) in [7, 11) is 0. The molecule has 1 fully saturated rings. The number of hydrogen-bond acceptors (Lipinski definition) is 5. The van der Waals surface area contributed by atoms with E-state index >= 15 is 4.39 Å². The summed E-state index contributed by atoms with van der Waals surface area (Å²) >= 11 is 0. The summed E-state index contributed by atoms with van der Waals surface area (Å²) in [5.74, 6) is -0.427. The van der Waals surface area contributed by atoms with Crippen molar-refractivity contribution in [1.82, 2.24) is 4.90 Å². The van der Waals surface area contributed by atoms with Gasteiger partial charge < -0.3 is 19.1 Å². The molecule has 2 heterocycles. The number of carbonyl (C=O) groups is 2. The van der Waals surface area contributed by atoms with Gasteiger partial charge in [-0.25, -0.2) is 9.18 Å². The molecule has 5 rings (SSSR count). The summed E-state index contributed by atoms with van der Waals surface area (Å²) in [4.78, 5) is 29.5. The molecule has 0 bridgehead atoms. The van der Waals surface area contributed by atoms with Crippen LogP contribution in [0.2, 0.25) is 0 Å². The lowest BCUT2D eigenvalue weighted by Gasteiger charge is -2.43. The maximum absolute atomic E-state index is 15.8. The van der Waals surface area contributed by atoms with E-state index in [-0.39, 0.29) is 25.0 Å². The SMILES string of the molecule is CCOC(=O)[C@@H](OC(C)(C)C)c1c(C)c2c(c(C)c1-c1cc(F)c3c(c1C)CCCO3)CN(C1CCC(C)(C)CC1)C(=O)C2. The van der Waals surface area contributed by atoms with E-state index in [9.17, 15) is 9.59 Å². The Morgan fingerprint density at radius 2 is 1.77 bits per heavy atom. The Labute approximate surface area is 262 Å². The number of ether oxygens (including phenoxy) is 3. The van der Waals surface area contributed by atoms with Gasteiger partial charge in [-0.2, -0.15) is 0 Å². The molecule has 0 radical (unpaired) electrons. The molecule has 1 amide bonds. The first-order valence-corrected chi connectivity index (χ1v) is 16.4. The summed E-state index contributed by atoms with van der Waals surface area (Å²) in [6.45, 7) is 19.4. The van der Waals surface area contributed by atoms with Crippen LogP contribution in [0.3, 0.4) is 0 Å². The molecular weight excluding hydrogens is 557 g/mol. The van der Waals surface area contributed by atoms with Gasteiger partial charge >= 0.3 is 5.97 Å². The summed E-state index contributed by atoms with van der Waals surface area (Å²) in [5, 5.41) is 0. The second kappa shape index (κ2) is 12.1. The molecule has 1 aliphatic carbocycles. The fourth-order valence-electron chi connectivity index (χ4n) is 7.54. The lowest BCUT2D eigenvalue weighted by Crippen LogP contribution is -2.46. The van der Waals surface area contributed by atoms with Gasteiger partial charge in [0.25, 0.3) is 0 Å². The smallest absolute Gasteiger partial charge is 0.339 e. The number of benzene rings is 2. The highest BCUT2D eigenvalue weighted by molar-refractivity contribution is 5.89. The van der Waals surface area contributed by atoms with Gasteiger partial charge in [-0.05, 0) is 137 Å². The van der Waals surface area contributed by atoms with Crippen LogP contribution in [0.15, 0.2) is 6.07 Å². The third kappa shape index (κ3) is 6.14. The third-order valence-electron chi connectivity index (χ3n) is 9.98. The first-order valence-electron chi connectivity index (χ1n) is 16.4. The van der Waals surface area contributed by atoms with Gasteiger partial charge in [-0.15, -0.1) is 0 Å². The van der Waals surface area contributed by atoms with Crippen molar-refractivity contribution in [3.8, 4) is 16.9 Å². The first-order chi connectivity index (χ1) is 20.6. The molecule has 0 unspecified atom stereocenters. The van der Waals surface area contributed by atoms with Crippen LogP contribution in [0.5, 0.6) is 5.75 Å². The molecule has 0 N–H and O–H groups in total. The zero-order chi connectivity index (χ0) is 32.1. The van der Waals surface area contributed by atoms with Gasteiger partial charge in [-0.3, -0.25) is 4.79 Å². The van der Waals surface area contributed by atoms with Crippen molar-refractivity contribution in [3.05, 3.63) is 50.8 Å². The van der Waals surface area contributed by atoms with Crippen molar-refractivity contribution >= 4 is 11.9 Å². The van der Waals surface area contributed by atoms with Crippen LogP contribution in [-0.4, -0.2) is 41.6 Å². The van der Waals surface area contributed by atoms with E-state index in [2.05, 4.69) is 25.7 Å². The highest BCUT2D eigenvalue weighted by Gasteiger charge is 2.40. The Hall–Kier alpha value is -2.93. The predicted octanol–water partition coefficient (Wildman–Crippen LogP) is 8.02. The molecule has 0 spiro atoms. The maximum Gasteiger partial charge on any atom is 0.339 e. The molecule has 1 atom stereocenters. The average Bonchev–Trinajstić information content (AvgIpc) is 2.95. The predicted molar refractivity (Wildman–Crippen MR) is 170 cm³/mol. The van der Waals surface area contributed by atoms with Crippen LogP contribution < -0.4 is 4.74 Å². The molecule has 0 aromatic heterocycles. The number of fused-ring (bicyclic) bond motifs is 2. The van der Waals surface area contributed by atoms with Gasteiger partial charge in [0.2, 0.25) is 5.91 Å². The normalized spacial score (nSPS) is 19.2. The summed E-state index contributed by atoms with van der Waals surface area (Å²) in [6, 6.07) is 1.77. The minimum atomic E-state index is -1.04. The summed E-state index contributed by atoms with van der Waals surface area (Å²) in [6.07, 6.45) is 4.95. The molecule has 3 aliphatic rings. The fourth-order valence-corrected chi connectivity index (χ4v) is 7.54. The number of esters is 1. The van der Waals surface area contributed by atoms with Crippen LogP contribution in [0.1, 0.15) is 119 Å². The number of carbonyl (C=O) groups excluding carboxylic acids is 2. The van der Waals surface area contributed by atoms with Crippen LogP contribution in [0.4, 0.5) is 4.39 Å². The number of rotatable bonds is 6. The minimum Gasteiger partial charge on any atom is -0.490 e. The first kappa shape index (κ1) is 32.5. The maximum atomic E-state index is 15.8. The Kier molecular flexibility index (Phi) is 8.93. The summed E-state index contributed by atoms with van der Waals surface area (Å²) < 4.78 is 33.6. The number of halogens is 1. The van der Waals surface area contributed by atoms with E-state index in [1.54, 1.807) is 13.0 Å². The van der Waals surface area contributed by atoms with Gasteiger partial charge in [0.05, 0.1) is 25.2 Å². The Morgan fingerprint density at radius 3 is 2.41 bits per heavy atom. The van der Waals surface area contributed by atoms with Gasteiger partial charge in [0.1, 0.15) is 0 Å². The molecule has 0 saturated heterocycles. The van der Waals surface area contributed by atoms with Crippen LogP contribution >= 0.6 is 0 Å².